The molecule has 0 saturated heterocycles. The molecule has 0 aromatic heterocycles. The highest BCUT2D eigenvalue weighted by molar-refractivity contribution is 5.95. The van der Waals surface area contributed by atoms with Crippen LogP contribution in [-0.4, -0.2) is 24.0 Å². The maximum atomic E-state index is 12.9. The van der Waals surface area contributed by atoms with Gasteiger partial charge in [0.25, 0.3) is 0 Å². The number of nitrogens with one attached hydrogen (secondary N) is 2. The van der Waals surface area contributed by atoms with E-state index in [1.807, 2.05) is 30.3 Å². The van der Waals surface area contributed by atoms with E-state index in [0.717, 1.165) is 24.0 Å². The molecule has 0 spiro atoms. The molecular weight excluding hydrogens is 304 g/mol. The van der Waals surface area contributed by atoms with Crippen molar-refractivity contribution in [2.45, 2.75) is 24.3 Å². The minimum atomic E-state index is -0.724. The van der Waals surface area contributed by atoms with Gasteiger partial charge in [-0.25, -0.2) is 0 Å². The highest BCUT2D eigenvalue weighted by atomic mass is 16.3. The third-order valence-corrected chi connectivity index (χ3v) is 4.52. The second-order valence-electron chi connectivity index (χ2n) is 6.06. The van der Waals surface area contributed by atoms with Crippen molar-refractivity contribution in [2.75, 3.05) is 7.05 Å². The quantitative estimate of drug-likeness (QED) is 0.787. The maximum Gasteiger partial charge on any atom is 0.246 e. The minimum absolute atomic E-state index is 0.161. The van der Waals surface area contributed by atoms with Crippen molar-refractivity contribution in [3.05, 3.63) is 65.7 Å². The van der Waals surface area contributed by atoms with E-state index in [2.05, 4.69) is 10.6 Å². The van der Waals surface area contributed by atoms with Crippen LogP contribution in [0.1, 0.15) is 30.0 Å². The number of hydrogen-bond acceptors (Lipinski definition) is 3. The zero-order valence-corrected chi connectivity index (χ0v) is 13.5. The third-order valence-electron chi connectivity index (χ3n) is 4.52. The number of likely N-dealkylation sites (N-methyl/N-ethyl adjacent to an activating group) is 1. The molecule has 24 heavy (non-hydrogen) atoms. The van der Waals surface area contributed by atoms with Crippen molar-refractivity contribution in [1.82, 2.24) is 10.6 Å². The Bertz CT molecular complexity index is 737. The smallest absolute Gasteiger partial charge is 0.246 e. The lowest BCUT2D eigenvalue weighted by atomic mass is 9.94. The number of phenols is 1. The number of amides is 2. The number of rotatable bonds is 5. The van der Waals surface area contributed by atoms with Gasteiger partial charge in [0.1, 0.15) is 11.8 Å². The van der Waals surface area contributed by atoms with Crippen LogP contribution in [-0.2, 0) is 15.0 Å². The molecule has 5 heteroatoms. The van der Waals surface area contributed by atoms with Crippen LogP contribution in [0.3, 0.4) is 0 Å². The van der Waals surface area contributed by atoms with Gasteiger partial charge in [0.2, 0.25) is 11.8 Å². The average molecular weight is 324 g/mol. The Balaban J connectivity index is 1.83. The van der Waals surface area contributed by atoms with Crippen molar-refractivity contribution in [3.63, 3.8) is 0 Å². The van der Waals surface area contributed by atoms with Crippen molar-refractivity contribution in [1.29, 1.82) is 0 Å². The molecule has 0 aliphatic heterocycles. The number of hydrogen-bond donors (Lipinski definition) is 3. The summed E-state index contributed by atoms with van der Waals surface area (Å²) in [6, 6.07) is 15.1. The summed E-state index contributed by atoms with van der Waals surface area (Å²) in [5.74, 6) is -0.246. The van der Waals surface area contributed by atoms with Gasteiger partial charge in [0.15, 0.2) is 0 Å². The highest BCUT2D eigenvalue weighted by Gasteiger charge is 2.52. The normalized spacial score (nSPS) is 16.0. The standard InChI is InChI=1S/C19H20N2O3/c1-20-17(23)16(13-5-3-2-4-6-13)21-18(24)19(11-12-19)14-7-9-15(22)10-8-14/h2-10,16,22H,11-12H2,1H3,(H,20,23)(H,21,24). The minimum Gasteiger partial charge on any atom is -0.508 e. The topological polar surface area (TPSA) is 78.4 Å². The van der Waals surface area contributed by atoms with Gasteiger partial charge in [0.05, 0.1) is 5.41 Å². The molecule has 0 bridgehead atoms. The van der Waals surface area contributed by atoms with Crippen LogP contribution >= 0.6 is 0 Å². The predicted molar refractivity (Wildman–Crippen MR) is 90.4 cm³/mol. The molecule has 0 heterocycles. The van der Waals surface area contributed by atoms with Gasteiger partial charge in [-0.1, -0.05) is 42.5 Å². The van der Waals surface area contributed by atoms with Gasteiger partial charge in [-0.2, -0.15) is 0 Å². The van der Waals surface area contributed by atoms with Gasteiger partial charge in [-0.05, 0) is 36.1 Å². The van der Waals surface area contributed by atoms with E-state index in [1.165, 1.54) is 0 Å². The number of benzene rings is 2. The summed E-state index contributed by atoms with van der Waals surface area (Å²) in [5, 5.41) is 14.9. The van der Waals surface area contributed by atoms with Crippen LogP contribution in [0.2, 0.25) is 0 Å². The first-order valence-electron chi connectivity index (χ1n) is 7.94. The highest BCUT2D eigenvalue weighted by Crippen LogP contribution is 2.49. The predicted octanol–water partition coefficient (Wildman–Crippen LogP) is 2.03. The number of aromatic hydroxyl groups is 1. The van der Waals surface area contributed by atoms with E-state index >= 15 is 0 Å². The lowest BCUT2D eigenvalue weighted by Gasteiger charge is -2.22. The molecular formula is C19H20N2O3. The van der Waals surface area contributed by atoms with Crippen LogP contribution < -0.4 is 10.6 Å². The first kappa shape index (κ1) is 16.1. The molecule has 1 saturated carbocycles. The molecule has 3 rings (SSSR count). The Morgan fingerprint density at radius 2 is 1.67 bits per heavy atom. The number of carbonyl (C=O) groups is 2. The molecule has 1 unspecified atom stereocenters. The molecule has 5 nitrogen and oxygen atoms in total. The molecule has 1 fully saturated rings. The summed E-state index contributed by atoms with van der Waals surface area (Å²) in [6.07, 6.45) is 1.47. The molecule has 0 radical (unpaired) electrons. The number of carbonyl (C=O) groups excluding carboxylic acids is 2. The van der Waals surface area contributed by atoms with Gasteiger partial charge < -0.3 is 15.7 Å². The first-order chi connectivity index (χ1) is 11.6. The maximum absolute atomic E-state index is 12.9. The summed E-state index contributed by atoms with van der Waals surface area (Å²) in [5.41, 5.74) is 1.00. The monoisotopic (exact) mass is 324 g/mol. The Morgan fingerprint density at radius 3 is 2.21 bits per heavy atom. The largest absolute Gasteiger partial charge is 0.508 e. The summed E-state index contributed by atoms with van der Waals surface area (Å²) >= 11 is 0. The van der Waals surface area contributed by atoms with E-state index in [1.54, 1.807) is 31.3 Å². The fraction of sp³-hybridized carbons (Fsp3) is 0.263. The molecule has 1 aliphatic rings. The van der Waals surface area contributed by atoms with E-state index in [4.69, 9.17) is 0 Å². The molecule has 2 aromatic carbocycles. The Labute approximate surface area is 140 Å². The van der Waals surface area contributed by atoms with Gasteiger partial charge >= 0.3 is 0 Å². The second kappa shape index (κ2) is 6.35. The molecule has 3 N–H and O–H groups in total. The zero-order valence-electron chi connectivity index (χ0n) is 13.5. The zero-order chi connectivity index (χ0) is 17.2. The second-order valence-corrected chi connectivity index (χ2v) is 6.06. The SMILES string of the molecule is CNC(=O)C(NC(=O)C1(c2ccc(O)cc2)CC1)c1ccccc1. The van der Waals surface area contributed by atoms with Crippen molar-refractivity contribution >= 4 is 11.8 Å². The number of phenolic OH excluding ortho intramolecular Hbond substituents is 1. The van der Waals surface area contributed by atoms with E-state index in [9.17, 15) is 14.7 Å². The third kappa shape index (κ3) is 2.97. The van der Waals surface area contributed by atoms with E-state index < -0.39 is 11.5 Å². The average Bonchev–Trinajstić information content (AvgIpc) is 3.42. The fourth-order valence-corrected chi connectivity index (χ4v) is 2.91. The van der Waals surface area contributed by atoms with E-state index in [-0.39, 0.29) is 17.6 Å². The Kier molecular flexibility index (Phi) is 4.25. The van der Waals surface area contributed by atoms with Crippen molar-refractivity contribution < 1.29 is 14.7 Å². The van der Waals surface area contributed by atoms with Gasteiger partial charge in [0, 0.05) is 7.05 Å². The Hall–Kier alpha value is -2.82. The van der Waals surface area contributed by atoms with Crippen LogP contribution in [0, 0.1) is 0 Å². The van der Waals surface area contributed by atoms with Crippen LogP contribution in [0.15, 0.2) is 54.6 Å². The molecule has 2 amide bonds. The van der Waals surface area contributed by atoms with Crippen LogP contribution in [0.25, 0.3) is 0 Å². The summed E-state index contributed by atoms with van der Waals surface area (Å²) in [6.45, 7) is 0. The fourth-order valence-electron chi connectivity index (χ4n) is 2.91. The molecule has 2 aromatic rings. The van der Waals surface area contributed by atoms with Crippen LogP contribution in [0.4, 0.5) is 0 Å². The lowest BCUT2D eigenvalue weighted by Crippen LogP contribution is -2.43. The van der Waals surface area contributed by atoms with E-state index in [0.29, 0.717) is 0 Å². The molecule has 124 valence electrons. The Morgan fingerprint density at radius 1 is 1.04 bits per heavy atom. The summed E-state index contributed by atoms with van der Waals surface area (Å²) < 4.78 is 0. The summed E-state index contributed by atoms with van der Waals surface area (Å²) in [4.78, 5) is 25.1. The van der Waals surface area contributed by atoms with Crippen LogP contribution in [0.5, 0.6) is 5.75 Å². The first-order valence-corrected chi connectivity index (χ1v) is 7.94. The molecule has 1 atom stereocenters. The molecule has 1 aliphatic carbocycles. The van der Waals surface area contributed by atoms with Gasteiger partial charge in [-0.15, -0.1) is 0 Å². The summed E-state index contributed by atoms with van der Waals surface area (Å²) in [7, 11) is 1.55. The van der Waals surface area contributed by atoms with Crippen molar-refractivity contribution in [2.24, 2.45) is 0 Å². The van der Waals surface area contributed by atoms with Crippen molar-refractivity contribution in [3.8, 4) is 5.75 Å². The lowest BCUT2D eigenvalue weighted by molar-refractivity contribution is -0.130. The van der Waals surface area contributed by atoms with Gasteiger partial charge in [-0.3, -0.25) is 9.59 Å².